The molecule has 0 bridgehead atoms. The van der Waals surface area contributed by atoms with Crippen molar-refractivity contribution in [2.75, 3.05) is 0 Å². The van der Waals surface area contributed by atoms with Crippen molar-refractivity contribution in [3.05, 3.63) is 140 Å². The second-order valence-corrected chi connectivity index (χ2v) is 8.60. The van der Waals surface area contributed by atoms with Crippen molar-refractivity contribution >= 4 is 0 Å². The van der Waals surface area contributed by atoms with Gasteiger partial charge in [-0.05, 0) is 58.7 Å². The summed E-state index contributed by atoms with van der Waals surface area (Å²) in [7, 11) is 0. The molecule has 0 saturated heterocycles. The third-order valence-corrected chi connectivity index (χ3v) is 6.16. The van der Waals surface area contributed by atoms with Gasteiger partial charge in [0, 0.05) is 29.1 Å². The Morgan fingerprint density at radius 3 is 1.36 bits per heavy atom. The molecule has 3 heteroatoms. The summed E-state index contributed by atoms with van der Waals surface area (Å²) in [6.07, 6.45) is 3.62. The Kier molecular flexibility index (Phi) is 5.87. The van der Waals surface area contributed by atoms with Crippen LogP contribution in [0.1, 0.15) is 0 Å². The minimum atomic E-state index is 0.693. The van der Waals surface area contributed by atoms with Gasteiger partial charge in [-0.1, -0.05) is 91.0 Å². The van der Waals surface area contributed by atoms with E-state index in [1.54, 1.807) is 6.20 Å². The number of hydrogen-bond acceptors (Lipinski definition) is 3. The minimum Gasteiger partial charge on any atom is -0.264 e. The summed E-state index contributed by atoms with van der Waals surface area (Å²) in [6, 6.07) is 43.8. The predicted octanol–water partition coefficient (Wildman–Crippen LogP) is 8.21. The molecule has 0 fully saturated rings. The molecule has 0 spiro atoms. The largest absolute Gasteiger partial charge is 0.264 e. The van der Waals surface area contributed by atoms with Gasteiger partial charge in [0.25, 0.3) is 0 Å². The van der Waals surface area contributed by atoms with Crippen molar-refractivity contribution < 1.29 is 0 Å². The molecule has 0 aliphatic carbocycles. The average Bonchev–Trinajstić information content (AvgIpc) is 2.98. The molecule has 4 aromatic carbocycles. The summed E-state index contributed by atoms with van der Waals surface area (Å²) in [4.78, 5) is 14.3. The molecular formula is C33H23N3. The highest BCUT2D eigenvalue weighted by atomic mass is 14.9. The van der Waals surface area contributed by atoms with Crippen LogP contribution in [0.5, 0.6) is 0 Å². The molecule has 6 aromatic rings. The topological polar surface area (TPSA) is 38.7 Å². The minimum absolute atomic E-state index is 0.693. The van der Waals surface area contributed by atoms with E-state index < -0.39 is 0 Å². The molecule has 3 nitrogen and oxygen atoms in total. The quantitative estimate of drug-likeness (QED) is 0.260. The number of benzene rings is 4. The first-order chi connectivity index (χ1) is 17.8. The number of pyridine rings is 1. The summed E-state index contributed by atoms with van der Waals surface area (Å²) < 4.78 is 0. The highest BCUT2D eigenvalue weighted by Gasteiger charge is 2.13. The molecule has 36 heavy (non-hydrogen) atoms. The van der Waals surface area contributed by atoms with Gasteiger partial charge in [-0.15, -0.1) is 0 Å². The smallest absolute Gasteiger partial charge is 0.160 e. The van der Waals surface area contributed by atoms with Gasteiger partial charge in [-0.2, -0.15) is 0 Å². The molecule has 6 rings (SSSR count). The Labute approximate surface area is 210 Å². The van der Waals surface area contributed by atoms with Crippen molar-refractivity contribution in [3.63, 3.8) is 0 Å². The molecule has 0 atom stereocenters. The SMILES string of the molecule is c1ccc(-c2cc(-c3ccccc3)cc(-c3cc(-c4cccnc4)nc(-c4ccccc4)n3)c2)cc1. The molecule has 2 aromatic heterocycles. The molecule has 0 unspecified atom stereocenters. The zero-order valence-corrected chi connectivity index (χ0v) is 19.6. The highest BCUT2D eigenvalue weighted by Crippen LogP contribution is 2.34. The van der Waals surface area contributed by atoms with E-state index in [1.807, 2.05) is 60.8 Å². The van der Waals surface area contributed by atoms with Crippen LogP contribution in [0.15, 0.2) is 140 Å². The van der Waals surface area contributed by atoms with Crippen LogP contribution in [-0.4, -0.2) is 15.0 Å². The van der Waals surface area contributed by atoms with Crippen LogP contribution >= 0.6 is 0 Å². The first kappa shape index (κ1) is 21.6. The van der Waals surface area contributed by atoms with Crippen LogP contribution in [0.3, 0.4) is 0 Å². The molecule has 2 heterocycles. The fourth-order valence-electron chi connectivity index (χ4n) is 4.34. The molecule has 0 saturated carbocycles. The summed E-state index contributed by atoms with van der Waals surface area (Å²) in [5.41, 5.74) is 9.33. The van der Waals surface area contributed by atoms with Gasteiger partial charge in [0.05, 0.1) is 11.4 Å². The van der Waals surface area contributed by atoms with Crippen molar-refractivity contribution in [2.24, 2.45) is 0 Å². The van der Waals surface area contributed by atoms with Crippen LogP contribution in [0.25, 0.3) is 56.2 Å². The summed E-state index contributed by atoms with van der Waals surface area (Å²) in [5, 5.41) is 0. The lowest BCUT2D eigenvalue weighted by molar-refractivity contribution is 1.18. The van der Waals surface area contributed by atoms with Crippen LogP contribution in [-0.2, 0) is 0 Å². The Morgan fingerprint density at radius 1 is 0.361 bits per heavy atom. The zero-order chi connectivity index (χ0) is 24.2. The standard InChI is InChI=1S/C33H23N3/c1-4-11-24(12-5-1)28-19-29(25-13-6-2-7-14-25)21-30(20-28)32-22-31(27-17-10-18-34-23-27)35-33(36-32)26-15-8-3-9-16-26/h1-23H. The third kappa shape index (κ3) is 4.55. The zero-order valence-electron chi connectivity index (χ0n) is 19.6. The third-order valence-electron chi connectivity index (χ3n) is 6.16. The Bertz CT molecular complexity index is 1360. The number of hydrogen-bond donors (Lipinski definition) is 0. The highest BCUT2D eigenvalue weighted by molar-refractivity contribution is 5.81. The van der Waals surface area contributed by atoms with Gasteiger partial charge in [0.1, 0.15) is 0 Å². The van der Waals surface area contributed by atoms with Crippen LogP contribution in [0.4, 0.5) is 0 Å². The van der Waals surface area contributed by atoms with E-state index in [0.29, 0.717) is 5.82 Å². The molecule has 0 aliphatic rings. The lowest BCUT2D eigenvalue weighted by Gasteiger charge is -2.13. The van der Waals surface area contributed by atoms with Crippen molar-refractivity contribution in [3.8, 4) is 56.2 Å². The van der Waals surface area contributed by atoms with E-state index >= 15 is 0 Å². The fourth-order valence-corrected chi connectivity index (χ4v) is 4.34. The van der Waals surface area contributed by atoms with E-state index in [2.05, 4.69) is 77.8 Å². The van der Waals surface area contributed by atoms with Crippen LogP contribution in [0, 0.1) is 0 Å². The maximum Gasteiger partial charge on any atom is 0.160 e. The van der Waals surface area contributed by atoms with E-state index in [0.717, 1.165) is 39.2 Å². The van der Waals surface area contributed by atoms with E-state index in [4.69, 9.17) is 9.97 Å². The van der Waals surface area contributed by atoms with Gasteiger partial charge >= 0.3 is 0 Å². The number of nitrogens with zero attached hydrogens (tertiary/aromatic N) is 3. The maximum absolute atomic E-state index is 5.04. The van der Waals surface area contributed by atoms with Crippen LogP contribution in [0.2, 0.25) is 0 Å². The van der Waals surface area contributed by atoms with Crippen LogP contribution < -0.4 is 0 Å². The number of aromatic nitrogens is 3. The lowest BCUT2D eigenvalue weighted by Crippen LogP contribution is -1.96. The second kappa shape index (κ2) is 9.77. The van der Waals surface area contributed by atoms with Gasteiger partial charge in [0.15, 0.2) is 5.82 Å². The lowest BCUT2D eigenvalue weighted by atomic mass is 9.94. The van der Waals surface area contributed by atoms with E-state index in [1.165, 1.54) is 11.1 Å². The molecule has 0 aliphatic heterocycles. The van der Waals surface area contributed by atoms with Crippen molar-refractivity contribution in [1.29, 1.82) is 0 Å². The Morgan fingerprint density at radius 2 is 0.833 bits per heavy atom. The maximum atomic E-state index is 5.04. The molecule has 0 N–H and O–H groups in total. The molecule has 0 amide bonds. The van der Waals surface area contributed by atoms with Crippen molar-refractivity contribution in [1.82, 2.24) is 15.0 Å². The number of rotatable bonds is 5. The normalized spacial score (nSPS) is 10.8. The molecule has 0 radical (unpaired) electrons. The fraction of sp³-hybridized carbons (Fsp3) is 0. The average molecular weight is 462 g/mol. The van der Waals surface area contributed by atoms with Gasteiger partial charge in [0.2, 0.25) is 0 Å². The van der Waals surface area contributed by atoms with Crippen molar-refractivity contribution in [2.45, 2.75) is 0 Å². The molecule has 170 valence electrons. The summed E-state index contributed by atoms with van der Waals surface area (Å²) >= 11 is 0. The Hall–Kier alpha value is -4.89. The molecular weight excluding hydrogens is 438 g/mol. The van der Waals surface area contributed by atoms with Gasteiger partial charge in [-0.25, -0.2) is 9.97 Å². The van der Waals surface area contributed by atoms with E-state index in [9.17, 15) is 0 Å². The summed E-state index contributed by atoms with van der Waals surface area (Å²) in [5.74, 6) is 0.693. The van der Waals surface area contributed by atoms with Gasteiger partial charge < -0.3 is 0 Å². The van der Waals surface area contributed by atoms with E-state index in [-0.39, 0.29) is 0 Å². The second-order valence-electron chi connectivity index (χ2n) is 8.60. The Balaban J connectivity index is 1.58. The summed E-state index contributed by atoms with van der Waals surface area (Å²) in [6.45, 7) is 0. The predicted molar refractivity (Wildman–Crippen MR) is 147 cm³/mol. The monoisotopic (exact) mass is 461 g/mol. The van der Waals surface area contributed by atoms with Gasteiger partial charge in [-0.3, -0.25) is 4.98 Å². The first-order valence-corrected chi connectivity index (χ1v) is 11.9. The first-order valence-electron chi connectivity index (χ1n) is 11.9.